The van der Waals surface area contributed by atoms with Crippen molar-refractivity contribution in [2.24, 2.45) is 11.8 Å². The van der Waals surface area contributed by atoms with Crippen molar-refractivity contribution >= 4 is 11.8 Å². The molecule has 0 aliphatic heterocycles. The number of hydrogen-bond acceptors (Lipinski definition) is 4. The molecule has 0 fully saturated rings. The van der Waals surface area contributed by atoms with Gasteiger partial charge >= 0.3 is 5.97 Å². The molecule has 1 aromatic heterocycles. The summed E-state index contributed by atoms with van der Waals surface area (Å²) in [7, 11) is 1.30. The maximum atomic E-state index is 12.0. The standard InChI is InChI=1S/C13H17NO3/c1-9(2)12(13(16)17-3)11(15)8-10-4-6-14-7-5-10/h4-7,9,12H,8H2,1-3H3. The number of carbonyl (C=O) groups excluding carboxylic acids is 2. The molecule has 0 saturated heterocycles. The first kappa shape index (κ1) is 13.4. The third-order valence-corrected chi connectivity index (χ3v) is 2.60. The Labute approximate surface area is 101 Å². The highest BCUT2D eigenvalue weighted by Gasteiger charge is 2.30. The maximum absolute atomic E-state index is 12.0. The summed E-state index contributed by atoms with van der Waals surface area (Å²) in [4.78, 5) is 27.4. The lowest BCUT2D eigenvalue weighted by Crippen LogP contribution is -2.31. The second-order valence-electron chi connectivity index (χ2n) is 4.24. The van der Waals surface area contributed by atoms with Gasteiger partial charge in [0.15, 0.2) is 5.78 Å². The van der Waals surface area contributed by atoms with Crippen LogP contribution >= 0.6 is 0 Å². The van der Waals surface area contributed by atoms with Gasteiger partial charge in [0.05, 0.1) is 7.11 Å². The van der Waals surface area contributed by atoms with Crippen LogP contribution in [0, 0.1) is 11.8 Å². The summed E-state index contributed by atoms with van der Waals surface area (Å²) in [6.07, 6.45) is 3.50. The molecule has 0 aromatic carbocycles. The second kappa shape index (κ2) is 6.13. The molecule has 1 rings (SSSR count). The zero-order valence-corrected chi connectivity index (χ0v) is 10.3. The van der Waals surface area contributed by atoms with E-state index < -0.39 is 11.9 Å². The molecule has 0 bridgehead atoms. The van der Waals surface area contributed by atoms with Crippen molar-refractivity contribution in [1.82, 2.24) is 4.98 Å². The lowest BCUT2D eigenvalue weighted by Gasteiger charge is -2.16. The van der Waals surface area contributed by atoms with E-state index in [0.717, 1.165) is 5.56 Å². The molecule has 4 heteroatoms. The third kappa shape index (κ3) is 3.66. The monoisotopic (exact) mass is 235 g/mol. The van der Waals surface area contributed by atoms with Crippen molar-refractivity contribution in [1.29, 1.82) is 0 Å². The van der Waals surface area contributed by atoms with Crippen molar-refractivity contribution in [2.45, 2.75) is 20.3 Å². The molecular weight excluding hydrogens is 218 g/mol. The fourth-order valence-corrected chi connectivity index (χ4v) is 1.71. The number of Topliss-reactive ketones (excluding diaryl/α,β-unsaturated/α-hetero) is 1. The van der Waals surface area contributed by atoms with Gasteiger partial charge in [0.2, 0.25) is 0 Å². The molecule has 1 unspecified atom stereocenters. The number of methoxy groups -OCH3 is 1. The zero-order valence-electron chi connectivity index (χ0n) is 10.3. The largest absolute Gasteiger partial charge is 0.468 e. The van der Waals surface area contributed by atoms with Gasteiger partial charge in [0.25, 0.3) is 0 Å². The van der Waals surface area contributed by atoms with Gasteiger partial charge in [-0.3, -0.25) is 14.6 Å². The van der Waals surface area contributed by atoms with Gasteiger partial charge < -0.3 is 4.74 Å². The van der Waals surface area contributed by atoms with Gasteiger partial charge in [-0.05, 0) is 23.6 Å². The SMILES string of the molecule is COC(=O)C(C(=O)Cc1ccncc1)C(C)C. The van der Waals surface area contributed by atoms with Gasteiger partial charge in [0, 0.05) is 18.8 Å². The minimum Gasteiger partial charge on any atom is -0.468 e. The van der Waals surface area contributed by atoms with E-state index >= 15 is 0 Å². The molecule has 0 radical (unpaired) electrons. The fraction of sp³-hybridized carbons (Fsp3) is 0.462. The van der Waals surface area contributed by atoms with E-state index in [9.17, 15) is 9.59 Å². The van der Waals surface area contributed by atoms with Crippen LogP contribution in [0.5, 0.6) is 0 Å². The molecule has 4 nitrogen and oxygen atoms in total. The van der Waals surface area contributed by atoms with Crippen molar-refractivity contribution in [2.75, 3.05) is 7.11 Å². The summed E-state index contributed by atoms with van der Waals surface area (Å²) in [5, 5.41) is 0. The molecule has 0 saturated carbocycles. The Morgan fingerprint density at radius 1 is 1.29 bits per heavy atom. The Balaban J connectivity index is 2.76. The van der Waals surface area contributed by atoms with Gasteiger partial charge in [-0.2, -0.15) is 0 Å². The van der Waals surface area contributed by atoms with E-state index in [0.29, 0.717) is 0 Å². The van der Waals surface area contributed by atoms with E-state index in [2.05, 4.69) is 9.72 Å². The Morgan fingerprint density at radius 2 is 1.88 bits per heavy atom. The molecule has 17 heavy (non-hydrogen) atoms. The van der Waals surface area contributed by atoms with Crippen molar-refractivity contribution in [3.05, 3.63) is 30.1 Å². The fourth-order valence-electron chi connectivity index (χ4n) is 1.71. The van der Waals surface area contributed by atoms with Crippen LogP contribution in [-0.4, -0.2) is 23.8 Å². The topological polar surface area (TPSA) is 56.3 Å². The third-order valence-electron chi connectivity index (χ3n) is 2.60. The summed E-state index contributed by atoms with van der Waals surface area (Å²) in [6.45, 7) is 3.68. The predicted molar refractivity (Wildman–Crippen MR) is 63.3 cm³/mol. The Morgan fingerprint density at radius 3 is 2.35 bits per heavy atom. The molecule has 0 amide bonds. The first-order chi connectivity index (χ1) is 8.06. The number of nitrogens with zero attached hydrogens (tertiary/aromatic N) is 1. The van der Waals surface area contributed by atoms with Crippen LogP contribution < -0.4 is 0 Å². The molecule has 0 N–H and O–H groups in total. The van der Waals surface area contributed by atoms with Crippen LogP contribution in [0.4, 0.5) is 0 Å². The molecular formula is C13H17NO3. The molecule has 0 aliphatic carbocycles. The highest BCUT2D eigenvalue weighted by Crippen LogP contribution is 2.16. The first-order valence-electron chi connectivity index (χ1n) is 5.55. The smallest absolute Gasteiger partial charge is 0.316 e. The average Bonchev–Trinajstić information content (AvgIpc) is 2.29. The van der Waals surface area contributed by atoms with Crippen LogP contribution in [0.25, 0.3) is 0 Å². The van der Waals surface area contributed by atoms with E-state index in [1.807, 2.05) is 13.8 Å². The number of rotatable bonds is 5. The normalized spacial score (nSPS) is 12.2. The highest BCUT2D eigenvalue weighted by atomic mass is 16.5. The van der Waals surface area contributed by atoms with Gasteiger partial charge in [0.1, 0.15) is 5.92 Å². The first-order valence-corrected chi connectivity index (χ1v) is 5.55. The molecule has 0 aliphatic rings. The summed E-state index contributed by atoms with van der Waals surface area (Å²) in [5.74, 6) is -1.32. The van der Waals surface area contributed by atoms with E-state index in [1.54, 1.807) is 24.5 Å². The lowest BCUT2D eigenvalue weighted by molar-refractivity contribution is -0.151. The highest BCUT2D eigenvalue weighted by molar-refractivity contribution is 6.00. The van der Waals surface area contributed by atoms with Crippen LogP contribution in [-0.2, 0) is 20.7 Å². The van der Waals surface area contributed by atoms with Crippen molar-refractivity contribution in [3.63, 3.8) is 0 Å². The van der Waals surface area contributed by atoms with Crippen molar-refractivity contribution < 1.29 is 14.3 Å². The summed E-state index contributed by atoms with van der Waals surface area (Å²) in [5.41, 5.74) is 0.861. The number of hydrogen-bond donors (Lipinski definition) is 0. The quantitative estimate of drug-likeness (QED) is 0.575. The van der Waals surface area contributed by atoms with E-state index in [4.69, 9.17) is 0 Å². The number of ketones is 1. The summed E-state index contributed by atoms with van der Waals surface area (Å²) < 4.78 is 4.66. The van der Waals surface area contributed by atoms with E-state index in [-0.39, 0.29) is 18.1 Å². The predicted octanol–water partition coefficient (Wildman–Crippen LogP) is 1.64. The van der Waals surface area contributed by atoms with E-state index in [1.165, 1.54) is 7.11 Å². The number of carbonyl (C=O) groups is 2. The Kier molecular flexibility index (Phi) is 4.82. The number of ether oxygens (including phenoxy) is 1. The number of pyridine rings is 1. The zero-order chi connectivity index (χ0) is 12.8. The Hall–Kier alpha value is -1.71. The second-order valence-corrected chi connectivity index (χ2v) is 4.24. The Bertz CT molecular complexity index is 387. The minimum atomic E-state index is -0.687. The van der Waals surface area contributed by atoms with Crippen LogP contribution in [0.2, 0.25) is 0 Å². The van der Waals surface area contributed by atoms with Gasteiger partial charge in [-0.25, -0.2) is 0 Å². The van der Waals surface area contributed by atoms with Crippen molar-refractivity contribution in [3.8, 4) is 0 Å². The summed E-state index contributed by atoms with van der Waals surface area (Å²) in [6, 6.07) is 3.54. The summed E-state index contributed by atoms with van der Waals surface area (Å²) >= 11 is 0. The van der Waals surface area contributed by atoms with Crippen LogP contribution in [0.15, 0.2) is 24.5 Å². The van der Waals surface area contributed by atoms with Crippen LogP contribution in [0.3, 0.4) is 0 Å². The molecule has 1 heterocycles. The van der Waals surface area contributed by atoms with Crippen LogP contribution in [0.1, 0.15) is 19.4 Å². The van der Waals surface area contributed by atoms with Gasteiger partial charge in [-0.15, -0.1) is 0 Å². The molecule has 1 atom stereocenters. The average molecular weight is 235 g/mol. The molecule has 92 valence electrons. The number of aromatic nitrogens is 1. The molecule has 1 aromatic rings. The maximum Gasteiger partial charge on any atom is 0.316 e. The number of esters is 1. The minimum absolute atomic E-state index is 0.0585. The lowest BCUT2D eigenvalue weighted by atomic mass is 9.88. The van der Waals surface area contributed by atoms with Gasteiger partial charge in [-0.1, -0.05) is 13.8 Å². The molecule has 0 spiro atoms.